The van der Waals surface area contributed by atoms with Crippen molar-refractivity contribution in [2.24, 2.45) is 7.05 Å². The van der Waals surface area contributed by atoms with E-state index in [4.69, 9.17) is 0 Å². The maximum Gasteiger partial charge on any atom is 0.416 e. The summed E-state index contributed by atoms with van der Waals surface area (Å²) in [6.45, 7) is 3.63. The summed E-state index contributed by atoms with van der Waals surface area (Å²) in [6, 6.07) is 3.51. The van der Waals surface area contributed by atoms with Crippen molar-refractivity contribution >= 4 is 5.69 Å². The number of rotatable bonds is 3. The van der Waals surface area contributed by atoms with Gasteiger partial charge in [0.15, 0.2) is 0 Å². The molecule has 0 aliphatic heterocycles. The number of anilines is 1. The van der Waals surface area contributed by atoms with Gasteiger partial charge in [0.25, 0.3) is 0 Å². The van der Waals surface area contributed by atoms with E-state index in [0.717, 1.165) is 23.5 Å². The molecule has 0 aliphatic rings. The number of hydrogen-bond acceptors (Lipinski definition) is 2. The molecule has 1 aromatic carbocycles. The van der Waals surface area contributed by atoms with E-state index in [1.54, 1.807) is 19.3 Å². The zero-order valence-corrected chi connectivity index (χ0v) is 11.5. The average Bonchev–Trinajstić information content (AvgIpc) is 2.77. The summed E-state index contributed by atoms with van der Waals surface area (Å²) in [4.78, 5) is 4.19. The standard InChI is InChI=1S/C14H16F3N3/c1-9-4-5-11(14(15,16)17)8-12(9)19-10(2)13-18-6-7-20(13)3/h4-8,10,19H,1-3H3. The summed E-state index contributed by atoms with van der Waals surface area (Å²) in [5.74, 6) is 0.766. The van der Waals surface area contributed by atoms with Crippen molar-refractivity contribution in [2.75, 3.05) is 5.32 Å². The summed E-state index contributed by atoms with van der Waals surface area (Å²) < 4.78 is 40.0. The fourth-order valence-corrected chi connectivity index (χ4v) is 2.05. The summed E-state index contributed by atoms with van der Waals surface area (Å²) in [5, 5.41) is 3.08. The molecule has 2 aromatic rings. The number of hydrogen-bond donors (Lipinski definition) is 1. The number of aromatic nitrogens is 2. The van der Waals surface area contributed by atoms with E-state index in [9.17, 15) is 13.2 Å². The van der Waals surface area contributed by atoms with Gasteiger partial charge in [0.05, 0.1) is 11.6 Å². The van der Waals surface area contributed by atoms with Crippen LogP contribution in [0.25, 0.3) is 0 Å². The molecule has 2 rings (SSSR count). The van der Waals surface area contributed by atoms with Crippen LogP contribution in [-0.2, 0) is 13.2 Å². The highest BCUT2D eigenvalue weighted by Gasteiger charge is 2.31. The third kappa shape index (κ3) is 2.95. The van der Waals surface area contributed by atoms with Gasteiger partial charge in [-0.25, -0.2) is 4.98 Å². The van der Waals surface area contributed by atoms with Crippen LogP contribution in [0.15, 0.2) is 30.6 Å². The third-order valence-electron chi connectivity index (χ3n) is 3.18. The average molecular weight is 283 g/mol. The first-order valence-corrected chi connectivity index (χ1v) is 6.20. The monoisotopic (exact) mass is 283 g/mol. The molecule has 1 unspecified atom stereocenters. The lowest BCUT2D eigenvalue weighted by molar-refractivity contribution is -0.137. The SMILES string of the molecule is Cc1ccc(C(F)(F)F)cc1NC(C)c1nccn1C. The van der Waals surface area contributed by atoms with E-state index < -0.39 is 11.7 Å². The normalized spacial score (nSPS) is 13.3. The van der Waals surface area contributed by atoms with Crippen molar-refractivity contribution in [3.63, 3.8) is 0 Å². The molecular weight excluding hydrogens is 267 g/mol. The minimum absolute atomic E-state index is 0.183. The molecule has 6 heteroatoms. The van der Waals surface area contributed by atoms with Gasteiger partial charge in [-0.05, 0) is 31.5 Å². The maximum atomic E-state index is 12.7. The molecule has 1 atom stereocenters. The molecule has 108 valence electrons. The maximum absolute atomic E-state index is 12.7. The van der Waals surface area contributed by atoms with Crippen LogP contribution in [-0.4, -0.2) is 9.55 Å². The van der Waals surface area contributed by atoms with Gasteiger partial charge in [-0.3, -0.25) is 0 Å². The smallest absolute Gasteiger partial charge is 0.375 e. The molecule has 0 amide bonds. The summed E-state index contributed by atoms with van der Waals surface area (Å²) in [7, 11) is 1.85. The minimum atomic E-state index is -4.34. The Labute approximate surface area is 115 Å². The minimum Gasteiger partial charge on any atom is -0.375 e. The second kappa shape index (κ2) is 5.19. The number of nitrogens with zero attached hydrogens (tertiary/aromatic N) is 2. The quantitative estimate of drug-likeness (QED) is 0.925. The molecular formula is C14H16F3N3. The van der Waals surface area contributed by atoms with Crippen LogP contribution in [0.3, 0.4) is 0 Å². The third-order valence-corrected chi connectivity index (χ3v) is 3.18. The van der Waals surface area contributed by atoms with Gasteiger partial charge in [0.1, 0.15) is 5.82 Å². The summed E-state index contributed by atoms with van der Waals surface area (Å²) in [6.07, 6.45) is -0.879. The van der Waals surface area contributed by atoms with Gasteiger partial charge < -0.3 is 9.88 Å². The highest BCUT2D eigenvalue weighted by Crippen LogP contribution is 2.33. The van der Waals surface area contributed by atoms with Crippen molar-refractivity contribution in [1.29, 1.82) is 0 Å². The Morgan fingerprint density at radius 2 is 2.00 bits per heavy atom. The molecule has 0 saturated carbocycles. The predicted molar refractivity (Wildman–Crippen MR) is 71.4 cm³/mol. The Hall–Kier alpha value is -1.98. The molecule has 3 nitrogen and oxygen atoms in total. The molecule has 1 N–H and O–H groups in total. The lowest BCUT2D eigenvalue weighted by Gasteiger charge is -2.18. The Kier molecular flexibility index (Phi) is 3.74. The summed E-state index contributed by atoms with van der Waals surface area (Å²) >= 11 is 0. The topological polar surface area (TPSA) is 29.9 Å². The van der Waals surface area contributed by atoms with Crippen LogP contribution in [0, 0.1) is 6.92 Å². The van der Waals surface area contributed by atoms with Crippen molar-refractivity contribution in [3.05, 3.63) is 47.5 Å². The first-order chi connectivity index (χ1) is 9.29. The largest absolute Gasteiger partial charge is 0.416 e. The van der Waals surface area contributed by atoms with Gasteiger partial charge in [0.2, 0.25) is 0 Å². The molecule has 1 heterocycles. The van der Waals surface area contributed by atoms with Crippen molar-refractivity contribution in [2.45, 2.75) is 26.1 Å². The Bertz CT molecular complexity index is 602. The van der Waals surface area contributed by atoms with E-state index >= 15 is 0 Å². The van der Waals surface area contributed by atoms with Crippen molar-refractivity contribution in [3.8, 4) is 0 Å². The molecule has 20 heavy (non-hydrogen) atoms. The zero-order valence-electron chi connectivity index (χ0n) is 11.5. The van der Waals surface area contributed by atoms with E-state index in [1.165, 1.54) is 6.07 Å². The zero-order chi connectivity index (χ0) is 14.9. The molecule has 0 spiro atoms. The van der Waals surface area contributed by atoms with E-state index in [-0.39, 0.29) is 6.04 Å². The Morgan fingerprint density at radius 1 is 1.30 bits per heavy atom. The van der Waals surface area contributed by atoms with Gasteiger partial charge in [-0.1, -0.05) is 6.07 Å². The molecule has 0 aliphatic carbocycles. The van der Waals surface area contributed by atoms with Crippen LogP contribution >= 0.6 is 0 Å². The highest BCUT2D eigenvalue weighted by molar-refractivity contribution is 5.54. The molecule has 0 fully saturated rings. The van der Waals surface area contributed by atoms with Gasteiger partial charge in [0, 0.05) is 25.1 Å². The number of aryl methyl sites for hydroxylation is 2. The van der Waals surface area contributed by atoms with Crippen molar-refractivity contribution < 1.29 is 13.2 Å². The second-order valence-electron chi connectivity index (χ2n) is 4.79. The van der Waals surface area contributed by atoms with E-state index in [2.05, 4.69) is 10.3 Å². The first-order valence-electron chi connectivity index (χ1n) is 6.20. The Morgan fingerprint density at radius 3 is 2.55 bits per heavy atom. The van der Waals surface area contributed by atoms with Crippen LogP contribution in [0.5, 0.6) is 0 Å². The number of alkyl halides is 3. The lowest BCUT2D eigenvalue weighted by atomic mass is 10.1. The Balaban J connectivity index is 2.27. The first kappa shape index (κ1) is 14.4. The summed E-state index contributed by atoms with van der Waals surface area (Å²) in [5.41, 5.74) is 0.576. The predicted octanol–water partition coefficient (Wildman–Crippen LogP) is 3.92. The number of benzene rings is 1. The lowest BCUT2D eigenvalue weighted by Crippen LogP contribution is -2.13. The van der Waals surface area contributed by atoms with E-state index in [0.29, 0.717) is 5.69 Å². The molecule has 0 saturated heterocycles. The van der Waals surface area contributed by atoms with Crippen LogP contribution < -0.4 is 5.32 Å². The number of halogens is 3. The number of imidazole rings is 1. The van der Waals surface area contributed by atoms with Gasteiger partial charge in [-0.2, -0.15) is 13.2 Å². The fourth-order valence-electron chi connectivity index (χ4n) is 2.05. The molecule has 0 radical (unpaired) electrons. The van der Waals surface area contributed by atoms with Gasteiger partial charge >= 0.3 is 6.18 Å². The van der Waals surface area contributed by atoms with Crippen molar-refractivity contribution in [1.82, 2.24) is 9.55 Å². The van der Waals surface area contributed by atoms with E-state index in [1.807, 2.05) is 18.5 Å². The second-order valence-corrected chi connectivity index (χ2v) is 4.79. The number of nitrogens with one attached hydrogen (secondary N) is 1. The highest BCUT2D eigenvalue weighted by atomic mass is 19.4. The fraction of sp³-hybridized carbons (Fsp3) is 0.357. The van der Waals surface area contributed by atoms with Crippen LogP contribution in [0.4, 0.5) is 18.9 Å². The van der Waals surface area contributed by atoms with Crippen LogP contribution in [0.2, 0.25) is 0 Å². The van der Waals surface area contributed by atoms with Gasteiger partial charge in [-0.15, -0.1) is 0 Å². The molecule has 1 aromatic heterocycles. The van der Waals surface area contributed by atoms with Crippen LogP contribution in [0.1, 0.15) is 29.9 Å². The molecule has 0 bridgehead atoms.